The molecule has 0 saturated heterocycles. The number of imidazole rings is 1. The summed E-state index contributed by atoms with van der Waals surface area (Å²) in [6.45, 7) is 7.50. The van der Waals surface area contributed by atoms with Gasteiger partial charge in [-0.2, -0.15) is 0 Å². The van der Waals surface area contributed by atoms with Crippen molar-refractivity contribution in [2.24, 2.45) is 5.41 Å². The Labute approximate surface area is 126 Å². The average Bonchev–Trinajstić information content (AvgIpc) is 3.02. The summed E-state index contributed by atoms with van der Waals surface area (Å²) in [6.07, 6.45) is 4.37. The number of rotatable bonds is 3. The van der Waals surface area contributed by atoms with Crippen LogP contribution in [0.4, 0.5) is 0 Å². The van der Waals surface area contributed by atoms with E-state index in [2.05, 4.69) is 39.6 Å². The monoisotopic (exact) mass is 283 g/mol. The summed E-state index contributed by atoms with van der Waals surface area (Å²) in [5, 5.41) is 0. The van der Waals surface area contributed by atoms with Crippen LogP contribution in [-0.4, -0.2) is 10.4 Å². The zero-order valence-corrected chi connectivity index (χ0v) is 13.1. The van der Waals surface area contributed by atoms with Gasteiger partial charge >= 0.3 is 0 Å². The van der Waals surface area contributed by atoms with E-state index in [0.717, 1.165) is 13.0 Å². The number of hydrogen-bond donors (Lipinski definition) is 0. The molecule has 0 saturated carbocycles. The number of nitrogens with zero attached hydrogens (tertiary/aromatic N) is 2. The third-order valence-electron chi connectivity index (χ3n) is 4.21. The number of hydrogen-bond acceptors (Lipinski definition) is 1. The Balaban J connectivity index is 1.99. The van der Waals surface area contributed by atoms with Crippen molar-refractivity contribution in [3.63, 3.8) is 0 Å². The van der Waals surface area contributed by atoms with E-state index < -0.39 is 0 Å². The van der Waals surface area contributed by atoms with Crippen molar-refractivity contribution < 1.29 is 9.36 Å². The summed E-state index contributed by atoms with van der Waals surface area (Å²) in [6, 6.07) is 10.4. The Morgan fingerprint density at radius 3 is 2.62 bits per heavy atom. The molecule has 3 rings (SSSR count). The summed E-state index contributed by atoms with van der Waals surface area (Å²) < 4.78 is 4.52. The molecule has 1 aliphatic heterocycles. The average molecular weight is 283 g/mol. The summed E-state index contributed by atoms with van der Waals surface area (Å²) in [5.74, 6) is 1.57. The van der Waals surface area contributed by atoms with E-state index >= 15 is 0 Å². The van der Waals surface area contributed by atoms with Crippen LogP contribution in [0.3, 0.4) is 0 Å². The zero-order chi connectivity index (χ0) is 15.0. The van der Waals surface area contributed by atoms with Crippen molar-refractivity contribution in [3.8, 4) is 11.3 Å². The molecule has 0 amide bonds. The summed E-state index contributed by atoms with van der Waals surface area (Å²) >= 11 is 0. The van der Waals surface area contributed by atoms with Crippen LogP contribution in [0.25, 0.3) is 11.3 Å². The molecule has 0 atom stereocenters. The van der Waals surface area contributed by atoms with Crippen molar-refractivity contribution in [2.45, 2.75) is 46.7 Å². The van der Waals surface area contributed by atoms with Gasteiger partial charge in [-0.05, 0) is 6.42 Å². The second-order valence-corrected chi connectivity index (χ2v) is 6.85. The fourth-order valence-corrected chi connectivity index (χ4v) is 2.88. The first-order valence-electron chi connectivity index (χ1n) is 7.67. The first-order chi connectivity index (χ1) is 9.97. The lowest BCUT2D eigenvalue weighted by molar-refractivity contribution is -0.690. The molecule has 0 aliphatic carbocycles. The molecule has 0 fully saturated rings. The molecule has 0 radical (unpaired) electrons. The molecule has 1 aliphatic rings. The number of benzene rings is 1. The van der Waals surface area contributed by atoms with Crippen molar-refractivity contribution in [3.05, 3.63) is 42.4 Å². The highest BCUT2D eigenvalue weighted by Gasteiger charge is 2.31. The Hall–Kier alpha value is -1.90. The molecule has 0 spiro atoms. The highest BCUT2D eigenvalue weighted by atomic mass is 16.1. The Morgan fingerprint density at radius 1 is 1.24 bits per heavy atom. The second-order valence-electron chi connectivity index (χ2n) is 6.85. The summed E-state index contributed by atoms with van der Waals surface area (Å²) in [5.41, 5.74) is 2.17. The third kappa shape index (κ3) is 2.65. The van der Waals surface area contributed by atoms with Crippen molar-refractivity contribution in [2.75, 3.05) is 0 Å². The predicted octanol–water partition coefficient (Wildman–Crippen LogP) is 3.00. The van der Waals surface area contributed by atoms with Gasteiger partial charge in [0.05, 0.1) is 13.0 Å². The Kier molecular flexibility index (Phi) is 3.44. The van der Waals surface area contributed by atoms with Crippen LogP contribution >= 0.6 is 0 Å². The normalized spacial score (nSPS) is 14.2. The molecule has 0 unspecified atom stereocenters. The minimum absolute atomic E-state index is 0.284. The van der Waals surface area contributed by atoms with Gasteiger partial charge in [0.1, 0.15) is 12.7 Å². The topological polar surface area (TPSA) is 25.9 Å². The lowest BCUT2D eigenvalue weighted by atomic mass is 9.91. The molecule has 1 aromatic carbocycles. The molecule has 0 bridgehead atoms. The van der Waals surface area contributed by atoms with Crippen molar-refractivity contribution >= 4 is 5.78 Å². The fraction of sp³-hybridized carbons (Fsp3) is 0.444. The van der Waals surface area contributed by atoms with Gasteiger partial charge in [0.2, 0.25) is 0 Å². The van der Waals surface area contributed by atoms with Crippen LogP contribution < -0.4 is 4.57 Å². The SMILES string of the molecule is CC(C)(C)C(=O)C[n+]1cc(-c2ccccc2)n2c1CCC2. The third-order valence-corrected chi connectivity index (χ3v) is 4.21. The first-order valence-corrected chi connectivity index (χ1v) is 7.67. The molecule has 1 aromatic heterocycles. The highest BCUT2D eigenvalue weighted by Crippen LogP contribution is 2.25. The van der Waals surface area contributed by atoms with Crippen molar-refractivity contribution in [1.29, 1.82) is 0 Å². The molecule has 3 heteroatoms. The van der Waals surface area contributed by atoms with Crippen molar-refractivity contribution in [1.82, 2.24) is 4.57 Å². The van der Waals surface area contributed by atoms with Gasteiger partial charge in [-0.15, -0.1) is 0 Å². The fourth-order valence-electron chi connectivity index (χ4n) is 2.88. The minimum atomic E-state index is -0.284. The van der Waals surface area contributed by atoms with E-state index in [1.54, 1.807) is 0 Å². The summed E-state index contributed by atoms with van der Waals surface area (Å²) in [4.78, 5) is 12.3. The molecular formula is C18H23N2O+. The molecule has 2 heterocycles. The number of aromatic nitrogens is 2. The standard InChI is InChI=1S/C18H23N2O/c1-18(2,3)16(21)13-19-12-15(14-8-5-4-6-9-14)20-11-7-10-17(19)20/h4-6,8-9,12H,7,10-11,13H2,1-3H3/q+1. The second kappa shape index (κ2) is 5.14. The van der Waals surface area contributed by atoms with Crippen LogP contribution in [0.1, 0.15) is 33.0 Å². The van der Waals surface area contributed by atoms with E-state index in [0.29, 0.717) is 6.54 Å². The quantitative estimate of drug-likeness (QED) is 0.795. The van der Waals surface area contributed by atoms with Crippen LogP contribution in [0.5, 0.6) is 0 Å². The number of fused-ring (bicyclic) bond motifs is 1. The largest absolute Gasteiger partial charge is 0.295 e. The molecule has 3 nitrogen and oxygen atoms in total. The molecule has 2 aromatic rings. The predicted molar refractivity (Wildman–Crippen MR) is 82.8 cm³/mol. The maximum atomic E-state index is 12.3. The van der Waals surface area contributed by atoms with E-state index in [4.69, 9.17) is 0 Å². The maximum absolute atomic E-state index is 12.3. The van der Waals surface area contributed by atoms with Gasteiger partial charge in [-0.3, -0.25) is 4.79 Å². The van der Waals surface area contributed by atoms with Crippen LogP contribution in [0, 0.1) is 5.41 Å². The van der Waals surface area contributed by atoms with Gasteiger partial charge in [0, 0.05) is 11.0 Å². The molecule has 21 heavy (non-hydrogen) atoms. The minimum Gasteiger partial charge on any atom is -0.295 e. The first kappa shape index (κ1) is 14.1. The van der Waals surface area contributed by atoms with E-state index in [9.17, 15) is 4.79 Å². The summed E-state index contributed by atoms with van der Waals surface area (Å²) in [7, 11) is 0. The lowest BCUT2D eigenvalue weighted by Gasteiger charge is -2.14. The number of carbonyl (C=O) groups is 1. The number of Topliss-reactive ketones (excluding diaryl/α,β-unsaturated/α-hetero) is 1. The van der Waals surface area contributed by atoms with Gasteiger partial charge in [-0.1, -0.05) is 51.1 Å². The lowest BCUT2D eigenvalue weighted by Crippen LogP contribution is -2.43. The van der Waals surface area contributed by atoms with Gasteiger partial charge in [0.25, 0.3) is 5.82 Å². The number of ketones is 1. The highest BCUT2D eigenvalue weighted by molar-refractivity contribution is 5.82. The van der Waals surface area contributed by atoms with Crippen LogP contribution in [0.15, 0.2) is 36.5 Å². The van der Waals surface area contributed by atoms with E-state index in [1.165, 1.54) is 23.5 Å². The van der Waals surface area contributed by atoms with Gasteiger partial charge in [0.15, 0.2) is 11.5 Å². The Bertz CT molecular complexity index is 663. The van der Waals surface area contributed by atoms with E-state index in [-0.39, 0.29) is 11.2 Å². The van der Waals surface area contributed by atoms with Crippen LogP contribution in [0.2, 0.25) is 0 Å². The van der Waals surface area contributed by atoms with Gasteiger partial charge in [-0.25, -0.2) is 9.13 Å². The maximum Gasteiger partial charge on any atom is 0.257 e. The molecular weight excluding hydrogens is 260 g/mol. The Morgan fingerprint density at radius 2 is 1.95 bits per heavy atom. The number of carbonyl (C=O) groups excluding carboxylic acids is 1. The molecule has 110 valence electrons. The zero-order valence-electron chi connectivity index (χ0n) is 13.1. The van der Waals surface area contributed by atoms with E-state index in [1.807, 2.05) is 26.8 Å². The molecule has 0 N–H and O–H groups in total. The van der Waals surface area contributed by atoms with Crippen LogP contribution in [-0.2, 0) is 24.3 Å². The van der Waals surface area contributed by atoms with Gasteiger partial charge < -0.3 is 0 Å². The smallest absolute Gasteiger partial charge is 0.257 e.